The summed E-state index contributed by atoms with van der Waals surface area (Å²) in [6.07, 6.45) is 77.8. The fraction of sp³-hybridized carbons (Fsp3) is 0.728. The Labute approximate surface area is 607 Å². The van der Waals surface area contributed by atoms with Crippen molar-refractivity contribution in [2.45, 2.75) is 341 Å². The molecule has 19 heteroatoms. The number of carbonyl (C=O) groups excluding carboxylic acids is 4. The highest BCUT2D eigenvalue weighted by molar-refractivity contribution is 7.47. The second-order valence-electron chi connectivity index (χ2n) is 25.9. The summed E-state index contributed by atoms with van der Waals surface area (Å²) >= 11 is 0. The standard InChI is InChI=1S/C81H140O17P2/c1-5-9-13-17-21-25-29-33-37-41-45-49-53-57-61-65-78(83)91-71-76(97-80(85)67-63-59-55-51-47-43-39-35-31-27-23-19-15-11-7-3)73-95-99(87,88)93-69-75(82)70-94-100(89,90)96-74-77(98-81(86)68-64-60-56-52-48-44-40-36-32-28-24-20-16-12-8-4)72-92-79(84)66-62-58-54-50-46-42-38-34-30-26-22-18-14-10-6-2/h11,15,21-28,33-40,75-77,82H,5-10,12-14,16-20,29-32,41-74H2,1-4H3,(H,87,88)(H,89,90)/b15-11-,25-21-,26-22-,27-23-,28-24-,37-33-,38-34-,39-35-,40-36-/t75?,76-,77-/m1/s1. The Kier molecular flexibility index (Phi) is 69.9. The third-order valence-electron chi connectivity index (χ3n) is 16.2. The highest BCUT2D eigenvalue weighted by Crippen LogP contribution is 2.45. The van der Waals surface area contributed by atoms with Crippen molar-refractivity contribution < 1.29 is 80.2 Å². The predicted molar refractivity (Wildman–Crippen MR) is 408 cm³/mol. The third kappa shape index (κ3) is 72.1. The van der Waals surface area contributed by atoms with Gasteiger partial charge in [-0.15, -0.1) is 0 Å². The maximum Gasteiger partial charge on any atom is 0.472 e. The summed E-state index contributed by atoms with van der Waals surface area (Å²) in [4.78, 5) is 72.9. The van der Waals surface area contributed by atoms with E-state index in [2.05, 4.69) is 137 Å². The van der Waals surface area contributed by atoms with Gasteiger partial charge in [-0.25, -0.2) is 9.13 Å². The van der Waals surface area contributed by atoms with Crippen LogP contribution in [-0.2, 0) is 65.4 Å². The minimum atomic E-state index is -4.99. The van der Waals surface area contributed by atoms with E-state index < -0.39 is 97.5 Å². The van der Waals surface area contributed by atoms with Crippen LogP contribution in [0, 0.1) is 0 Å². The van der Waals surface area contributed by atoms with Crippen LogP contribution in [0.15, 0.2) is 109 Å². The lowest BCUT2D eigenvalue weighted by Crippen LogP contribution is -2.30. The molecule has 0 heterocycles. The largest absolute Gasteiger partial charge is 0.472 e. The Hall–Kier alpha value is -4.28. The molecule has 0 radical (unpaired) electrons. The van der Waals surface area contributed by atoms with Gasteiger partial charge in [-0.2, -0.15) is 0 Å². The number of phosphoric ester groups is 2. The lowest BCUT2D eigenvalue weighted by atomic mass is 10.1. The Balaban J connectivity index is 5.40. The van der Waals surface area contributed by atoms with E-state index in [1.54, 1.807) is 0 Å². The molecule has 3 N–H and O–H groups in total. The van der Waals surface area contributed by atoms with E-state index in [9.17, 15) is 43.2 Å². The number of aliphatic hydroxyl groups excluding tert-OH is 1. The second kappa shape index (κ2) is 73.0. The molecule has 0 aromatic carbocycles. The first-order chi connectivity index (χ1) is 48.7. The van der Waals surface area contributed by atoms with Gasteiger partial charge < -0.3 is 33.8 Å². The van der Waals surface area contributed by atoms with Crippen molar-refractivity contribution in [3.05, 3.63) is 109 Å². The molecule has 0 aliphatic rings. The number of carbonyl (C=O) groups is 4. The first-order valence-corrected chi connectivity index (χ1v) is 42.1. The molecule has 576 valence electrons. The van der Waals surface area contributed by atoms with Gasteiger partial charge in [0.2, 0.25) is 0 Å². The summed E-state index contributed by atoms with van der Waals surface area (Å²) in [6, 6.07) is 0. The Morgan fingerprint density at radius 2 is 0.520 bits per heavy atom. The summed E-state index contributed by atoms with van der Waals surface area (Å²) in [5.74, 6) is -2.23. The Morgan fingerprint density at radius 1 is 0.290 bits per heavy atom. The zero-order chi connectivity index (χ0) is 73.2. The first-order valence-electron chi connectivity index (χ1n) is 39.1. The quantitative estimate of drug-likeness (QED) is 0.0169. The first kappa shape index (κ1) is 95.7. The number of rotatable bonds is 73. The van der Waals surface area contributed by atoms with E-state index in [1.807, 2.05) is 0 Å². The van der Waals surface area contributed by atoms with Crippen molar-refractivity contribution in [3.63, 3.8) is 0 Å². The van der Waals surface area contributed by atoms with Crippen LogP contribution < -0.4 is 0 Å². The van der Waals surface area contributed by atoms with Crippen molar-refractivity contribution >= 4 is 39.5 Å². The summed E-state index contributed by atoms with van der Waals surface area (Å²) in [6.45, 7) is 4.64. The van der Waals surface area contributed by atoms with Crippen molar-refractivity contribution in [1.29, 1.82) is 0 Å². The number of unbranched alkanes of at least 4 members (excludes halogenated alkanes) is 29. The van der Waals surface area contributed by atoms with Crippen LogP contribution in [0.3, 0.4) is 0 Å². The smallest absolute Gasteiger partial charge is 0.462 e. The molecule has 0 aliphatic heterocycles. The molecule has 100 heavy (non-hydrogen) atoms. The third-order valence-corrected chi connectivity index (χ3v) is 18.1. The average Bonchev–Trinajstić information content (AvgIpc) is 1.25. The van der Waals surface area contributed by atoms with Gasteiger partial charge in [-0.1, -0.05) is 253 Å². The number of hydrogen-bond donors (Lipinski definition) is 3. The van der Waals surface area contributed by atoms with Gasteiger partial charge in [-0.05, 0) is 154 Å². The van der Waals surface area contributed by atoms with E-state index in [-0.39, 0.29) is 25.7 Å². The number of ether oxygens (including phenoxy) is 4. The number of hydrogen-bond acceptors (Lipinski definition) is 15. The molecule has 0 bridgehead atoms. The van der Waals surface area contributed by atoms with Gasteiger partial charge in [0.25, 0.3) is 0 Å². The van der Waals surface area contributed by atoms with Crippen molar-refractivity contribution in [3.8, 4) is 0 Å². The predicted octanol–water partition coefficient (Wildman–Crippen LogP) is 22.6. The molecule has 17 nitrogen and oxygen atoms in total. The fourth-order valence-corrected chi connectivity index (χ4v) is 11.8. The molecule has 0 saturated heterocycles. The molecule has 0 saturated carbocycles. The topological polar surface area (TPSA) is 237 Å². The molecule has 0 amide bonds. The molecule has 0 aromatic heterocycles. The SMILES string of the molecule is CC/C=C\C/C=C\C/C=C\CCCCCCCC(=O)O[C@H](COC(=O)CCCCCCC/C=C\C/C=C\CCCCC)COP(=O)(O)OCC(O)COP(=O)(O)OC[C@@H](COC(=O)CCCCCCC/C=C\C/C=C\CCCCC)OC(=O)CCCCCCC/C=C\C/C=C\CCCCC. The second-order valence-corrected chi connectivity index (χ2v) is 28.8. The number of esters is 4. The Morgan fingerprint density at radius 3 is 0.800 bits per heavy atom. The number of aliphatic hydroxyl groups is 1. The zero-order valence-electron chi connectivity index (χ0n) is 62.8. The summed E-state index contributed by atoms with van der Waals surface area (Å²) < 4.78 is 68.5. The van der Waals surface area contributed by atoms with Crippen LogP contribution in [0.1, 0.15) is 323 Å². The van der Waals surface area contributed by atoms with Crippen LogP contribution in [0.5, 0.6) is 0 Å². The molecule has 3 unspecified atom stereocenters. The summed E-state index contributed by atoms with van der Waals surface area (Å²) in [7, 11) is -9.97. The van der Waals surface area contributed by atoms with Gasteiger partial charge in [0, 0.05) is 25.7 Å². The van der Waals surface area contributed by atoms with Crippen LogP contribution in [0.2, 0.25) is 0 Å². The average molecular weight is 1450 g/mol. The normalized spacial score (nSPS) is 14.5. The van der Waals surface area contributed by atoms with Crippen LogP contribution >= 0.6 is 15.6 Å². The molecule has 0 aliphatic carbocycles. The maximum atomic E-state index is 13.1. The van der Waals surface area contributed by atoms with Crippen LogP contribution in [0.4, 0.5) is 0 Å². The highest BCUT2D eigenvalue weighted by Gasteiger charge is 2.30. The lowest BCUT2D eigenvalue weighted by molar-refractivity contribution is -0.161. The molecule has 5 atom stereocenters. The van der Waals surface area contributed by atoms with Crippen molar-refractivity contribution in [1.82, 2.24) is 0 Å². The zero-order valence-corrected chi connectivity index (χ0v) is 64.6. The van der Waals surface area contributed by atoms with Crippen molar-refractivity contribution in [2.75, 3.05) is 39.6 Å². The van der Waals surface area contributed by atoms with Gasteiger partial charge in [0.05, 0.1) is 26.4 Å². The Bertz CT molecular complexity index is 2320. The molecular formula is C81H140O17P2. The minimum Gasteiger partial charge on any atom is -0.462 e. The molecule has 0 spiro atoms. The molecular weight excluding hydrogens is 1310 g/mol. The molecule has 0 rings (SSSR count). The van der Waals surface area contributed by atoms with Crippen LogP contribution in [-0.4, -0.2) is 96.7 Å². The lowest BCUT2D eigenvalue weighted by Gasteiger charge is -2.21. The summed E-state index contributed by atoms with van der Waals surface area (Å²) in [5.41, 5.74) is 0. The van der Waals surface area contributed by atoms with Crippen LogP contribution in [0.25, 0.3) is 0 Å². The van der Waals surface area contributed by atoms with E-state index in [1.165, 1.54) is 57.8 Å². The molecule has 0 aromatic rings. The maximum absolute atomic E-state index is 13.1. The van der Waals surface area contributed by atoms with E-state index in [0.29, 0.717) is 25.7 Å². The molecule has 0 fully saturated rings. The summed E-state index contributed by atoms with van der Waals surface area (Å²) in [5, 5.41) is 10.6. The van der Waals surface area contributed by atoms with Gasteiger partial charge >= 0.3 is 39.5 Å². The van der Waals surface area contributed by atoms with E-state index in [0.717, 1.165) is 186 Å². The number of phosphoric acid groups is 2. The number of allylic oxidation sites excluding steroid dienone is 18. The van der Waals surface area contributed by atoms with Gasteiger partial charge in [0.1, 0.15) is 19.3 Å². The van der Waals surface area contributed by atoms with E-state index in [4.69, 9.17) is 37.0 Å². The van der Waals surface area contributed by atoms with Crippen molar-refractivity contribution in [2.24, 2.45) is 0 Å². The van der Waals surface area contributed by atoms with E-state index >= 15 is 0 Å². The minimum absolute atomic E-state index is 0.0709. The van der Waals surface area contributed by atoms with Gasteiger partial charge in [0.15, 0.2) is 12.2 Å². The highest BCUT2D eigenvalue weighted by atomic mass is 31.2. The van der Waals surface area contributed by atoms with Gasteiger partial charge in [-0.3, -0.25) is 37.3 Å². The monoisotopic (exact) mass is 1450 g/mol. The fourth-order valence-electron chi connectivity index (χ4n) is 10.2.